The van der Waals surface area contributed by atoms with E-state index in [0.717, 1.165) is 16.9 Å². The monoisotopic (exact) mass is 242 g/mol. The Bertz CT molecular complexity index is 449. The second-order valence-electron chi connectivity index (χ2n) is 3.78. The number of hydrogen-bond donors (Lipinski definition) is 0. The van der Waals surface area contributed by atoms with Gasteiger partial charge in [-0.25, -0.2) is 8.42 Å². The van der Waals surface area contributed by atoms with Gasteiger partial charge < -0.3 is 4.74 Å². The summed E-state index contributed by atoms with van der Waals surface area (Å²) in [5.74, 6) is 1.02. The molecule has 0 amide bonds. The quantitative estimate of drug-likeness (QED) is 0.794. The molecule has 90 valence electrons. The van der Waals surface area contributed by atoms with Crippen molar-refractivity contribution in [2.45, 2.75) is 20.8 Å². The fraction of sp³-hybridized carbons (Fsp3) is 0.500. The van der Waals surface area contributed by atoms with Crippen LogP contribution < -0.4 is 4.74 Å². The molecule has 0 aliphatic heterocycles. The number of rotatable bonds is 5. The van der Waals surface area contributed by atoms with E-state index in [4.69, 9.17) is 4.74 Å². The van der Waals surface area contributed by atoms with Crippen molar-refractivity contribution in [1.82, 2.24) is 0 Å². The van der Waals surface area contributed by atoms with Gasteiger partial charge in [0.15, 0.2) is 9.84 Å². The molecule has 0 heterocycles. The molecule has 0 fully saturated rings. The minimum absolute atomic E-state index is 0.0802. The first kappa shape index (κ1) is 13.0. The number of hydrogen-bond acceptors (Lipinski definition) is 3. The molecule has 0 aliphatic carbocycles. The first-order chi connectivity index (χ1) is 7.46. The van der Waals surface area contributed by atoms with Crippen LogP contribution in [0.2, 0.25) is 0 Å². The first-order valence-corrected chi connectivity index (χ1v) is 7.18. The molecule has 1 aromatic rings. The minimum Gasteiger partial charge on any atom is -0.492 e. The van der Waals surface area contributed by atoms with E-state index >= 15 is 0 Å². The van der Waals surface area contributed by atoms with Crippen LogP contribution in [0.1, 0.15) is 18.1 Å². The van der Waals surface area contributed by atoms with Crippen molar-refractivity contribution >= 4 is 9.84 Å². The first-order valence-electron chi connectivity index (χ1n) is 5.35. The van der Waals surface area contributed by atoms with E-state index in [2.05, 4.69) is 0 Å². The van der Waals surface area contributed by atoms with Crippen molar-refractivity contribution in [3.05, 3.63) is 29.3 Å². The molecule has 0 spiro atoms. The molecular weight excluding hydrogens is 224 g/mol. The van der Waals surface area contributed by atoms with Gasteiger partial charge >= 0.3 is 0 Å². The molecule has 0 atom stereocenters. The Morgan fingerprint density at radius 3 is 2.56 bits per heavy atom. The summed E-state index contributed by atoms with van der Waals surface area (Å²) in [7, 11) is -2.94. The molecule has 1 aromatic carbocycles. The van der Waals surface area contributed by atoms with Crippen LogP contribution in [0, 0.1) is 13.8 Å². The molecule has 0 aliphatic rings. The number of ether oxygens (including phenoxy) is 1. The third-order valence-corrected chi connectivity index (χ3v) is 4.31. The van der Waals surface area contributed by atoms with E-state index in [1.807, 2.05) is 32.0 Å². The van der Waals surface area contributed by atoms with E-state index in [0.29, 0.717) is 0 Å². The van der Waals surface area contributed by atoms with Gasteiger partial charge in [-0.3, -0.25) is 0 Å². The second kappa shape index (κ2) is 5.34. The second-order valence-corrected chi connectivity index (χ2v) is 6.26. The Hall–Kier alpha value is -1.03. The molecule has 0 N–H and O–H groups in total. The molecule has 0 aromatic heterocycles. The maximum atomic E-state index is 11.3. The van der Waals surface area contributed by atoms with Gasteiger partial charge in [0.05, 0.1) is 5.75 Å². The lowest BCUT2D eigenvalue weighted by Gasteiger charge is -2.10. The fourth-order valence-corrected chi connectivity index (χ4v) is 1.93. The van der Waals surface area contributed by atoms with Crippen LogP contribution >= 0.6 is 0 Å². The molecule has 3 nitrogen and oxygen atoms in total. The van der Waals surface area contributed by atoms with E-state index in [9.17, 15) is 8.42 Å². The summed E-state index contributed by atoms with van der Waals surface area (Å²) >= 11 is 0. The predicted octanol–water partition coefficient (Wildman–Crippen LogP) is 2.12. The minimum atomic E-state index is -2.94. The highest BCUT2D eigenvalue weighted by Gasteiger charge is 2.08. The van der Waals surface area contributed by atoms with E-state index in [1.54, 1.807) is 6.92 Å². The van der Waals surface area contributed by atoms with Gasteiger partial charge in [0.1, 0.15) is 12.4 Å². The van der Waals surface area contributed by atoms with Gasteiger partial charge in [-0.05, 0) is 31.0 Å². The summed E-state index contributed by atoms with van der Waals surface area (Å²) in [5, 5.41) is 0. The third kappa shape index (κ3) is 3.52. The molecule has 16 heavy (non-hydrogen) atoms. The Kier molecular flexibility index (Phi) is 4.35. The predicted molar refractivity (Wildman–Crippen MR) is 65.7 cm³/mol. The summed E-state index contributed by atoms with van der Waals surface area (Å²) in [6.45, 7) is 5.84. The Morgan fingerprint density at radius 2 is 1.94 bits per heavy atom. The zero-order chi connectivity index (χ0) is 12.2. The van der Waals surface area contributed by atoms with Gasteiger partial charge in [0.25, 0.3) is 0 Å². The van der Waals surface area contributed by atoms with Crippen LogP contribution in [0.5, 0.6) is 5.75 Å². The van der Waals surface area contributed by atoms with Gasteiger partial charge in [-0.15, -0.1) is 0 Å². The van der Waals surface area contributed by atoms with Crippen molar-refractivity contribution in [3.63, 3.8) is 0 Å². The number of aryl methyl sites for hydroxylation is 1. The van der Waals surface area contributed by atoms with E-state index in [-0.39, 0.29) is 18.1 Å². The molecule has 0 bridgehead atoms. The third-order valence-electron chi connectivity index (χ3n) is 2.65. The summed E-state index contributed by atoms with van der Waals surface area (Å²) in [5.41, 5.74) is 2.22. The summed E-state index contributed by atoms with van der Waals surface area (Å²) in [6, 6.07) is 5.78. The lowest BCUT2D eigenvalue weighted by Crippen LogP contribution is -2.15. The van der Waals surface area contributed by atoms with Gasteiger partial charge in [-0.1, -0.05) is 19.1 Å². The highest BCUT2D eigenvalue weighted by Crippen LogP contribution is 2.20. The van der Waals surface area contributed by atoms with Crippen LogP contribution in [0.4, 0.5) is 0 Å². The van der Waals surface area contributed by atoms with Gasteiger partial charge in [0, 0.05) is 5.75 Å². The van der Waals surface area contributed by atoms with Gasteiger partial charge in [0.2, 0.25) is 0 Å². The SMILES string of the molecule is CCS(=O)(=O)CCOc1cccc(C)c1C. The van der Waals surface area contributed by atoms with Crippen LogP contribution in [-0.2, 0) is 9.84 Å². The van der Waals surface area contributed by atoms with E-state index in [1.165, 1.54) is 0 Å². The maximum absolute atomic E-state index is 11.3. The molecule has 0 radical (unpaired) electrons. The Labute approximate surface area is 97.4 Å². The van der Waals surface area contributed by atoms with E-state index < -0.39 is 9.84 Å². The molecule has 0 saturated heterocycles. The topological polar surface area (TPSA) is 43.4 Å². The molecule has 1 rings (SSSR count). The average molecular weight is 242 g/mol. The smallest absolute Gasteiger partial charge is 0.153 e. The maximum Gasteiger partial charge on any atom is 0.153 e. The zero-order valence-electron chi connectivity index (χ0n) is 9.99. The van der Waals surface area contributed by atoms with Crippen LogP contribution in [0.15, 0.2) is 18.2 Å². The number of benzene rings is 1. The Morgan fingerprint density at radius 1 is 1.25 bits per heavy atom. The summed E-state index contributed by atoms with van der Waals surface area (Å²) in [6.07, 6.45) is 0. The van der Waals surface area contributed by atoms with Crippen molar-refractivity contribution in [1.29, 1.82) is 0 Å². The lowest BCUT2D eigenvalue weighted by molar-refractivity contribution is 0.338. The van der Waals surface area contributed by atoms with Gasteiger partial charge in [-0.2, -0.15) is 0 Å². The van der Waals surface area contributed by atoms with Crippen LogP contribution in [0.25, 0.3) is 0 Å². The van der Waals surface area contributed by atoms with Crippen LogP contribution in [-0.4, -0.2) is 26.5 Å². The lowest BCUT2D eigenvalue weighted by atomic mass is 10.1. The molecule has 0 saturated carbocycles. The highest BCUT2D eigenvalue weighted by atomic mass is 32.2. The highest BCUT2D eigenvalue weighted by molar-refractivity contribution is 7.91. The van der Waals surface area contributed by atoms with Crippen molar-refractivity contribution < 1.29 is 13.2 Å². The van der Waals surface area contributed by atoms with Crippen LogP contribution in [0.3, 0.4) is 0 Å². The Balaban J connectivity index is 2.59. The standard InChI is InChI=1S/C12H18O3S/c1-4-16(13,14)9-8-15-12-7-5-6-10(2)11(12)3/h5-7H,4,8-9H2,1-3H3. The largest absolute Gasteiger partial charge is 0.492 e. The normalized spacial score (nSPS) is 11.4. The fourth-order valence-electron chi connectivity index (χ4n) is 1.30. The average Bonchev–Trinajstić information content (AvgIpc) is 2.24. The molecule has 0 unspecified atom stereocenters. The summed E-state index contributed by atoms with van der Waals surface area (Å²) in [4.78, 5) is 0. The zero-order valence-corrected chi connectivity index (χ0v) is 10.8. The summed E-state index contributed by atoms with van der Waals surface area (Å²) < 4.78 is 28.0. The van der Waals surface area contributed by atoms with Crippen molar-refractivity contribution in [2.24, 2.45) is 0 Å². The van der Waals surface area contributed by atoms with Crippen molar-refractivity contribution in [2.75, 3.05) is 18.1 Å². The number of sulfone groups is 1. The molecule has 4 heteroatoms. The van der Waals surface area contributed by atoms with Crippen molar-refractivity contribution in [3.8, 4) is 5.75 Å². The molecular formula is C12H18O3S.